The number of benzene rings is 2. The highest BCUT2D eigenvalue weighted by molar-refractivity contribution is 7.80. The molecule has 0 fully saturated rings. The molecule has 32 heavy (non-hydrogen) atoms. The molecule has 1 aromatic heterocycles. The number of carbonyl (C=O) groups excluding carboxylic acids is 1. The van der Waals surface area contributed by atoms with Gasteiger partial charge >= 0.3 is 0 Å². The molecule has 4 rings (SSSR count). The van der Waals surface area contributed by atoms with Gasteiger partial charge in [-0.3, -0.25) is 4.79 Å². The number of thiocarbonyl (C=S) groups is 1. The van der Waals surface area contributed by atoms with Gasteiger partial charge in [0.05, 0.1) is 11.4 Å². The summed E-state index contributed by atoms with van der Waals surface area (Å²) in [6, 6.07) is 16.3. The molecule has 6 nitrogen and oxygen atoms in total. The van der Waals surface area contributed by atoms with Gasteiger partial charge in [-0.1, -0.05) is 47.5 Å². The zero-order chi connectivity index (χ0) is 22.8. The number of nitrogens with zero attached hydrogens (tertiary/aromatic N) is 3. The number of benzodiazepines with no additional fused rings is 1. The fourth-order valence-electron chi connectivity index (χ4n) is 3.33. The average Bonchev–Trinajstić information content (AvgIpc) is 2.86. The van der Waals surface area contributed by atoms with Gasteiger partial charge in [0.2, 0.25) is 6.17 Å². The van der Waals surface area contributed by atoms with Crippen molar-refractivity contribution in [1.29, 1.82) is 0 Å². The van der Waals surface area contributed by atoms with Crippen LogP contribution in [-0.2, 0) is 4.79 Å². The van der Waals surface area contributed by atoms with Crippen molar-refractivity contribution in [2.75, 3.05) is 17.3 Å². The first-order valence-electron chi connectivity index (χ1n) is 9.74. The van der Waals surface area contributed by atoms with E-state index in [2.05, 4.69) is 15.6 Å². The molecule has 0 aliphatic carbocycles. The minimum Gasteiger partial charge on any atom is -0.333 e. The number of hydrogen-bond acceptors (Lipinski definition) is 4. The van der Waals surface area contributed by atoms with Crippen LogP contribution in [0.25, 0.3) is 0 Å². The van der Waals surface area contributed by atoms with E-state index in [0.29, 0.717) is 38.4 Å². The normalized spacial score (nSPS) is 15.5. The highest BCUT2D eigenvalue weighted by Crippen LogP contribution is 2.31. The predicted octanol–water partition coefficient (Wildman–Crippen LogP) is 4.82. The number of aromatic nitrogens is 1. The Bertz CT molecular complexity index is 1230. The van der Waals surface area contributed by atoms with Gasteiger partial charge in [0.25, 0.3) is 5.91 Å². The molecule has 0 radical (unpaired) electrons. The summed E-state index contributed by atoms with van der Waals surface area (Å²) in [6.07, 6.45) is 0.742. The third-order valence-corrected chi connectivity index (χ3v) is 5.73. The number of aryl methyl sites for hydroxylation is 1. The SMILES string of the molecule is Cc1ccc(NC(=S)NC2N=C(c3ccccc3Cl)c3cc(Cl)ccc3N(C)C2=O)nc1. The van der Waals surface area contributed by atoms with Gasteiger partial charge in [-0.15, -0.1) is 0 Å². The van der Waals surface area contributed by atoms with Crippen molar-refractivity contribution < 1.29 is 4.79 Å². The van der Waals surface area contributed by atoms with Gasteiger partial charge in [-0.05, 0) is 55.0 Å². The molecule has 162 valence electrons. The molecule has 0 spiro atoms. The number of pyridine rings is 1. The minimum atomic E-state index is -0.983. The van der Waals surface area contributed by atoms with E-state index in [1.807, 2.05) is 31.2 Å². The standard InChI is InChI=1S/C23H19Cl2N5OS/c1-13-7-10-19(26-12-13)27-23(32)29-21-22(31)30(2)18-9-8-14(24)11-16(18)20(28-21)15-5-3-4-6-17(15)25/h3-12,21H,1-2H3,(H2,26,27,29,32). The number of likely N-dealkylation sites (N-methyl/N-ethyl adjacent to an activating group) is 1. The molecule has 1 unspecified atom stereocenters. The zero-order valence-corrected chi connectivity index (χ0v) is 19.6. The second-order valence-corrected chi connectivity index (χ2v) is 8.49. The molecule has 0 saturated heterocycles. The van der Waals surface area contributed by atoms with E-state index in [1.54, 1.807) is 43.6 Å². The molecule has 2 aromatic carbocycles. The Morgan fingerprint density at radius 2 is 1.88 bits per heavy atom. The predicted molar refractivity (Wildman–Crippen MR) is 134 cm³/mol. The molecule has 2 heterocycles. The van der Waals surface area contributed by atoms with Crippen LogP contribution in [0.2, 0.25) is 10.0 Å². The third kappa shape index (κ3) is 4.60. The number of rotatable bonds is 3. The van der Waals surface area contributed by atoms with Gasteiger partial charge in [-0.25, -0.2) is 9.98 Å². The second-order valence-electron chi connectivity index (χ2n) is 7.24. The fraction of sp³-hybridized carbons (Fsp3) is 0.130. The lowest BCUT2D eigenvalue weighted by molar-refractivity contribution is -0.119. The molecular weight excluding hydrogens is 465 g/mol. The van der Waals surface area contributed by atoms with E-state index < -0.39 is 6.17 Å². The van der Waals surface area contributed by atoms with Crippen molar-refractivity contribution in [3.63, 3.8) is 0 Å². The van der Waals surface area contributed by atoms with Crippen molar-refractivity contribution in [2.45, 2.75) is 13.1 Å². The van der Waals surface area contributed by atoms with Crippen LogP contribution in [0.1, 0.15) is 16.7 Å². The number of amides is 1. The largest absolute Gasteiger partial charge is 0.333 e. The number of anilines is 2. The highest BCUT2D eigenvalue weighted by atomic mass is 35.5. The molecule has 3 aromatic rings. The molecular formula is C23H19Cl2N5OS. The van der Waals surface area contributed by atoms with E-state index >= 15 is 0 Å². The van der Waals surface area contributed by atoms with Crippen LogP contribution in [0.15, 0.2) is 65.8 Å². The van der Waals surface area contributed by atoms with Gasteiger partial charge in [0.1, 0.15) is 5.82 Å². The molecule has 1 amide bonds. The first-order valence-corrected chi connectivity index (χ1v) is 10.9. The monoisotopic (exact) mass is 483 g/mol. The maximum atomic E-state index is 13.3. The second kappa shape index (κ2) is 9.24. The molecule has 0 saturated carbocycles. The molecule has 1 aliphatic rings. The summed E-state index contributed by atoms with van der Waals surface area (Å²) in [7, 11) is 1.69. The van der Waals surface area contributed by atoms with Crippen molar-refractivity contribution in [1.82, 2.24) is 10.3 Å². The van der Waals surface area contributed by atoms with Crippen LogP contribution >= 0.6 is 35.4 Å². The fourth-order valence-corrected chi connectivity index (χ4v) is 3.94. The first kappa shape index (κ1) is 22.2. The third-order valence-electron chi connectivity index (χ3n) is 4.95. The van der Waals surface area contributed by atoms with Gasteiger partial charge in [0.15, 0.2) is 5.11 Å². The van der Waals surface area contributed by atoms with Crippen LogP contribution in [0, 0.1) is 6.92 Å². The van der Waals surface area contributed by atoms with Gasteiger partial charge in [0, 0.05) is 34.4 Å². The van der Waals surface area contributed by atoms with Crippen LogP contribution < -0.4 is 15.5 Å². The number of hydrogen-bond donors (Lipinski definition) is 2. The molecule has 0 bridgehead atoms. The van der Waals surface area contributed by atoms with E-state index in [1.165, 1.54) is 4.90 Å². The Hall–Kier alpha value is -3.00. The summed E-state index contributed by atoms with van der Waals surface area (Å²) < 4.78 is 0. The van der Waals surface area contributed by atoms with Crippen LogP contribution in [-0.4, -0.2) is 34.9 Å². The van der Waals surface area contributed by atoms with E-state index in [9.17, 15) is 4.79 Å². The van der Waals surface area contributed by atoms with Crippen molar-refractivity contribution in [3.8, 4) is 0 Å². The van der Waals surface area contributed by atoms with Crippen molar-refractivity contribution >= 4 is 63.7 Å². The molecule has 9 heteroatoms. The lowest BCUT2D eigenvalue weighted by atomic mass is 10.00. The topological polar surface area (TPSA) is 69.6 Å². The maximum Gasteiger partial charge on any atom is 0.272 e. The first-order chi connectivity index (χ1) is 15.3. The molecule has 1 atom stereocenters. The Morgan fingerprint density at radius 1 is 1.09 bits per heavy atom. The van der Waals surface area contributed by atoms with Gasteiger partial charge < -0.3 is 15.5 Å². The lowest BCUT2D eigenvalue weighted by Gasteiger charge is -2.22. The van der Waals surface area contributed by atoms with Crippen LogP contribution in [0.5, 0.6) is 0 Å². The Balaban J connectivity index is 1.74. The quantitative estimate of drug-likeness (QED) is 0.522. The molecule has 1 aliphatic heterocycles. The summed E-state index contributed by atoms with van der Waals surface area (Å²) in [6.45, 7) is 1.95. The summed E-state index contributed by atoms with van der Waals surface area (Å²) in [5, 5.41) is 7.25. The highest BCUT2D eigenvalue weighted by Gasteiger charge is 2.31. The molecule has 2 N–H and O–H groups in total. The summed E-state index contributed by atoms with van der Waals surface area (Å²) in [5.74, 6) is 0.282. The van der Waals surface area contributed by atoms with E-state index in [-0.39, 0.29) is 11.0 Å². The minimum absolute atomic E-state index is 0.222. The summed E-state index contributed by atoms with van der Waals surface area (Å²) >= 11 is 18.2. The van der Waals surface area contributed by atoms with Gasteiger partial charge in [-0.2, -0.15) is 0 Å². The number of fused-ring (bicyclic) bond motifs is 1. The maximum absolute atomic E-state index is 13.3. The van der Waals surface area contributed by atoms with E-state index in [0.717, 1.165) is 5.56 Å². The smallest absolute Gasteiger partial charge is 0.272 e. The van der Waals surface area contributed by atoms with Crippen LogP contribution in [0.4, 0.5) is 11.5 Å². The average molecular weight is 484 g/mol. The van der Waals surface area contributed by atoms with E-state index in [4.69, 9.17) is 40.4 Å². The summed E-state index contributed by atoms with van der Waals surface area (Å²) in [5.41, 5.74) is 3.62. The number of carbonyl (C=O) groups is 1. The Morgan fingerprint density at radius 3 is 2.59 bits per heavy atom. The number of halogens is 2. The Labute approximate surface area is 201 Å². The van der Waals surface area contributed by atoms with Crippen molar-refractivity contribution in [2.24, 2.45) is 4.99 Å². The van der Waals surface area contributed by atoms with Crippen molar-refractivity contribution in [3.05, 3.63) is 87.5 Å². The Kier molecular flexibility index (Phi) is 6.41. The number of aliphatic imine (C=N–C) groups is 1. The summed E-state index contributed by atoms with van der Waals surface area (Å²) in [4.78, 5) is 23.8. The zero-order valence-electron chi connectivity index (χ0n) is 17.3. The van der Waals surface area contributed by atoms with Crippen LogP contribution in [0.3, 0.4) is 0 Å². The number of nitrogens with one attached hydrogen (secondary N) is 2. The lowest BCUT2D eigenvalue weighted by Crippen LogP contribution is -2.47.